The zero-order valence-corrected chi connectivity index (χ0v) is 17.9. The van der Waals surface area contributed by atoms with Gasteiger partial charge >= 0.3 is 0 Å². The Labute approximate surface area is 172 Å². The Morgan fingerprint density at radius 1 is 1.10 bits per heavy atom. The van der Waals surface area contributed by atoms with Gasteiger partial charge in [0.2, 0.25) is 0 Å². The standard InChI is InChI=1S/C22H28N4O2S/c1-4-23-22(26-14-17-6-8-19(9-7-17)29(3,27)28)24-12-11-18-15-25-21-13-16(2)5-10-20(18)21/h5-10,13,15,25H,4,11-12,14H2,1-3H3,(H2,23,24,26). The lowest BCUT2D eigenvalue weighted by Gasteiger charge is -2.11. The number of aryl methyl sites for hydroxylation is 1. The lowest BCUT2D eigenvalue weighted by Crippen LogP contribution is -2.38. The van der Waals surface area contributed by atoms with Crippen LogP contribution >= 0.6 is 0 Å². The Kier molecular flexibility index (Phi) is 6.59. The van der Waals surface area contributed by atoms with Gasteiger partial charge in [0.05, 0.1) is 11.4 Å². The van der Waals surface area contributed by atoms with Crippen LogP contribution in [0.25, 0.3) is 10.9 Å². The molecular weight excluding hydrogens is 384 g/mol. The van der Waals surface area contributed by atoms with Gasteiger partial charge < -0.3 is 15.6 Å². The van der Waals surface area contributed by atoms with Crippen molar-refractivity contribution < 1.29 is 8.42 Å². The second kappa shape index (κ2) is 9.13. The summed E-state index contributed by atoms with van der Waals surface area (Å²) in [5.41, 5.74) is 4.65. The first kappa shape index (κ1) is 20.9. The summed E-state index contributed by atoms with van der Waals surface area (Å²) in [6, 6.07) is 13.3. The average Bonchev–Trinajstić information content (AvgIpc) is 3.07. The molecule has 0 aliphatic carbocycles. The van der Waals surface area contributed by atoms with Crippen LogP contribution in [0.5, 0.6) is 0 Å². The molecule has 1 aromatic heterocycles. The molecule has 0 spiro atoms. The fraction of sp³-hybridized carbons (Fsp3) is 0.318. The molecule has 0 atom stereocenters. The average molecular weight is 413 g/mol. The van der Waals surface area contributed by atoms with E-state index in [1.54, 1.807) is 24.3 Å². The van der Waals surface area contributed by atoms with E-state index in [4.69, 9.17) is 0 Å². The van der Waals surface area contributed by atoms with Gasteiger partial charge in [-0.1, -0.05) is 24.3 Å². The molecule has 0 unspecified atom stereocenters. The Bertz CT molecular complexity index is 1100. The van der Waals surface area contributed by atoms with E-state index in [9.17, 15) is 8.42 Å². The predicted molar refractivity (Wildman–Crippen MR) is 119 cm³/mol. The summed E-state index contributed by atoms with van der Waals surface area (Å²) >= 11 is 0. The highest BCUT2D eigenvalue weighted by Gasteiger charge is 2.07. The highest BCUT2D eigenvalue weighted by atomic mass is 32.2. The number of sulfone groups is 1. The number of H-pyrrole nitrogens is 1. The minimum absolute atomic E-state index is 0.323. The molecule has 0 saturated heterocycles. The summed E-state index contributed by atoms with van der Waals surface area (Å²) in [6.07, 6.45) is 4.16. The first-order valence-electron chi connectivity index (χ1n) is 9.74. The van der Waals surface area contributed by atoms with Crippen LogP contribution in [0.1, 0.15) is 23.6 Å². The van der Waals surface area contributed by atoms with Gasteiger partial charge in [-0.25, -0.2) is 13.4 Å². The number of aliphatic imine (C=N–C) groups is 1. The lowest BCUT2D eigenvalue weighted by molar-refractivity contribution is 0.602. The number of hydrogen-bond acceptors (Lipinski definition) is 3. The molecule has 29 heavy (non-hydrogen) atoms. The number of aromatic amines is 1. The highest BCUT2D eigenvalue weighted by molar-refractivity contribution is 7.90. The third-order valence-electron chi connectivity index (χ3n) is 4.73. The maximum atomic E-state index is 11.6. The Morgan fingerprint density at radius 3 is 2.55 bits per heavy atom. The molecule has 6 nitrogen and oxygen atoms in total. The highest BCUT2D eigenvalue weighted by Crippen LogP contribution is 2.19. The summed E-state index contributed by atoms with van der Waals surface area (Å²) in [7, 11) is -3.17. The molecule has 0 aliphatic heterocycles. The number of benzene rings is 2. The first-order chi connectivity index (χ1) is 13.9. The Balaban J connectivity index is 1.60. The van der Waals surface area contributed by atoms with E-state index in [1.165, 1.54) is 22.8 Å². The SMILES string of the molecule is CCNC(=NCc1ccc(S(C)(=O)=O)cc1)NCCc1c[nH]c2cc(C)ccc12. The maximum Gasteiger partial charge on any atom is 0.191 e. The van der Waals surface area contributed by atoms with Crippen LogP contribution in [0.15, 0.2) is 58.5 Å². The number of nitrogens with zero attached hydrogens (tertiary/aromatic N) is 1. The minimum Gasteiger partial charge on any atom is -0.361 e. The summed E-state index contributed by atoms with van der Waals surface area (Å²) in [5.74, 6) is 0.746. The van der Waals surface area contributed by atoms with Gasteiger partial charge in [-0.3, -0.25) is 0 Å². The van der Waals surface area contributed by atoms with Crippen molar-refractivity contribution in [3.8, 4) is 0 Å². The van der Waals surface area contributed by atoms with Crippen molar-refractivity contribution in [1.82, 2.24) is 15.6 Å². The molecule has 0 amide bonds. The summed E-state index contributed by atoms with van der Waals surface area (Å²) in [5, 5.41) is 7.87. The molecule has 0 bridgehead atoms. The molecule has 7 heteroatoms. The third-order valence-corrected chi connectivity index (χ3v) is 5.85. The normalized spacial score (nSPS) is 12.3. The second-order valence-corrected chi connectivity index (χ2v) is 9.17. The predicted octanol–water partition coefficient (Wildman–Crippen LogP) is 3.18. The van der Waals surface area contributed by atoms with Gasteiger partial charge in [0.25, 0.3) is 0 Å². The molecule has 2 aromatic carbocycles. The van der Waals surface area contributed by atoms with Crippen molar-refractivity contribution in [2.45, 2.75) is 31.7 Å². The van der Waals surface area contributed by atoms with Crippen molar-refractivity contribution in [2.75, 3.05) is 19.3 Å². The maximum absolute atomic E-state index is 11.6. The molecule has 0 saturated carbocycles. The number of guanidine groups is 1. The number of hydrogen-bond donors (Lipinski definition) is 3. The van der Waals surface area contributed by atoms with Crippen LogP contribution in [-0.2, 0) is 22.8 Å². The van der Waals surface area contributed by atoms with Gasteiger partial charge in [0.15, 0.2) is 15.8 Å². The first-order valence-corrected chi connectivity index (χ1v) is 11.6. The smallest absolute Gasteiger partial charge is 0.191 e. The van der Waals surface area contributed by atoms with E-state index in [1.807, 2.05) is 6.92 Å². The molecule has 154 valence electrons. The van der Waals surface area contributed by atoms with E-state index >= 15 is 0 Å². The molecule has 0 radical (unpaired) electrons. The van der Waals surface area contributed by atoms with Crippen LogP contribution in [0, 0.1) is 6.92 Å². The van der Waals surface area contributed by atoms with E-state index in [2.05, 4.69) is 51.9 Å². The lowest BCUT2D eigenvalue weighted by atomic mass is 10.1. The zero-order chi connectivity index (χ0) is 20.9. The second-order valence-electron chi connectivity index (χ2n) is 7.15. The molecular formula is C22H28N4O2S. The van der Waals surface area contributed by atoms with Crippen molar-refractivity contribution in [3.63, 3.8) is 0 Å². The van der Waals surface area contributed by atoms with Gasteiger partial charge in [0.1, 0.15) is 0 Å². The summed E-state index contributed by atoms with van der Waals surface area (Å²) < 4.78 is 23.1. The Morgan fingerprint density at radius 2 is 1.86 bits per heavy atom. The van der Waals surface area contributed by atoms with Gasteiger partial charge in [-0.15, -0.1) is 0 Å². The topological polar surface area (TPSA) is 86.3 Å². The van der Waals surface area contributed by atoms with Crippen molar-refractivity contribution >= 4 is 26.7 Å². The zero-order valence-electron chi connectivity index (χ0n) is 17.1. The van der Waals surface area contributed by atoms with Crippen molar-refractivity contribution in [2.24, 2.45) is 4.99 Å². The summed E-state index contributed by atoms with van der Waals surface area (Å²) in [6.45, 7) is 6.13. The molecule has 3 aromatic rings. The van der Waals surface area contributed by atoms with E-state index in [-0.39, 0.29) is 0 Å². The fourth-order valence-corrected chi connectivity index (χ4v) is 3.81. The van der Waals surface area contributed by atoms with Crippen LogP contribution in [0.2, 0.25) is 0 Å². The summed E-state index contributed by atoms with van der Waals surface area (Å²) in [4.78, 5) is 8.27. The minimum atomic E-state index is -3.17. The molecule has 3 N–H and O–H groups in total. The van der Waals surface area contributed by atoms with Crippen molar-refractivity contribution in [3.05, 3.63) is 65.4 Å². The fourth-order valence-electron chi connectivity index (χ4n) is 3.18. The van der Waals surface area contributed by atoms with E-state index < -0.39 is 9.84 Å². The van der Waals surface area contributed by atoms with Gasteiger partial charge in [-0.2, -0.15) is 0 Å². The number of fused-ring (bicyclic) bond motifs is 1. The quantitative estimate of drug-likeness (QED) is 0.411. The van der Waals surface area contributed by atoms with Crippen molar-refractivity contribution in [1.29, 1.82) is 0 Å². The number of aromatic nitrogens is 1. The Hall–Kier alpha value is -2.80. The van der Waals surface area contributed by atoms with Gasteiger partial charge in [0, 0.05) is 36.4 Å². The van der Waals surface area contributed by atoms with E-state index in [0.717, 1.165) is 36.6 Å². The largest absolute Gasteiger partial charge is 0.361 e. The third kappa shape index (κ3) is 5.60. The van der Waals surface area contributed by atoms with Crippen LogP contribution in [0.3, 0.4) is 0 Å². The van der Waals surface area contributed by atoms with Crippen LogP contribution in [-0.4, -0.2) is 38.7 Å². The number of nitrogens with one attached hydrogen (secondary N) is 3. The molecule has 1 heterocycles. The van der Waals surface area contributed by atoms with E-state index in [0.29, 0.717) is 11.4 Å². The van der Waals surface area contributed by atoms with Gasteiger partial charge in [-0.05, 0) is 55.2 Å². The number of rotatable bonds is 7. The molecule has 3 rings (SSSR count). The van der Waals surface area contributed by atoms with Crippen LogP contribution in [0.4, 0.5) is 0 Å². The van der Waals surface area contributed by atoms with Crippen LogP contribution < -0.4 is 10.6 Å². The molecule has 0 aliphatic rings. The molecule has 0 fully saturated rings. The monoisotopic (exact) mass is 412 g/mol.